The second-order valence-electron chi connectivity index (χ2n) is 7.09. The minimum Gasteiger partial charge on any atom is -0.0601 e. The Morgan fingerprint density at radius 1 is 0.579 bits per heavy atom. The molecule has 0 spiro atoms. The van der Waals surface area contributed by atoms with Crippen molar-refractivity contribution in [1.29, 1.82) is 0 Å². The van der Waals surface area contributed by atoms with E-state index in [1.807, 2.05) is 0 Å². The van der Waals surface area contributed by atoms with E-state index in [-0.39, 0.29) is 0 Å². The van der Waals surface area contributed by atoms with Crippen LogP contribution in [0.15, 0.2) is 34.4 Å². The Kier molecular flexibility index (Phi) is 5.64. The Morgan fingerprint density at radius 3 is 1.11 bits per heavy atom. The second kappa shape index (κ2) is 6.59. The fourth-order valence-electron chi connectivity index (χ4n) is 3.00. The lowest BCUT2D eigenvalue weighted by Crippen LogP contribution is -2.08. The Morgan fingerprint density at radius 2 is 0.895 bits per heavy atom. The molecule has 0 fully saturated rings. The van der Waals surface area contributed by atoms with E-state index >= 15 is 0 Å². The van der Waals surface area contributed by atoms with Crippen molar-refractivity contribution in [2.75, 3.05) is 0 Å². The molecule has 1 aliphatic carbocycles. The molecule has 0 saturated heterocycles. The highest BCUT2D eigenvalue weighted by atomic mass is 14.3. The van der Waals surface area contributed by atoms with Crippen LogP contribution in [0.25, 0.3) is 0 Å². The van der Waals surface area contributed by atoms with Crippen molar-refractivity contribution in [3.05, 3.63) is 34.4 Å². The van der Waals surface area contributed by atoms with E-state index in [1.165, 1.54) is 6.42 Å². The summed E-state index contributed by atoms with van der Waals surface area (Å²) in [6.07, 6.45) is 5.96. The van der Waals surface area contributed by atoms with E-state index in [9.17, 15) is 0 Å². The molecule has 108 valence electrons. The minimum absolute atomic E-state index is 0.619. The quantitative estimate of drug-likeness (QED) is 0.567. The molecule has 0 heteroatoms. The summed E-state index contributed by atoms with van der Waals surface area (Å²) in [5.41, 5.74) is 6.41. The molecule has 0 heterocycles. The van der Waals surface area contributed by atoms with Crippen molar-refractivity contribution < 1.29 is 0 Å². The molecule has 0 atom stereocenters. The standard InChI is InChI=1S/C19H32/c1-12(2)16-9-10-17(13(3)4)19(15(7)8)11-18(16)14(5)6/h9-10,12-15H,11H2,1-8H3. The molecule has 1 aliphatic rings. The van der Waals surface area contributed by atoms with E-state index in [0.717, 1.165) is 0 Å². The van der Waals surface area contributed by atoms with Crippen molar-refractivity contribution in [2.45, 2.75) is 61.8 Å². The van der Waals surface area contributed by atoms with Gasteiger partial charge < -0.3 is 0 Å². The lowest BCUT2D eigenvalue weighted by Gasteiger charge is -2.22. The molecular formula is C19H32. The third-order valence-electron chi connectivity index (χ3n) is 4.20. The number of rotatable bonds is 4. The molecule has 0 amide bonds. The van der Waals surface area contributed by atoms with E-state index in [0.29, 0.717) is 23.7 Å². The number of hydrogen-bond acceptors (Lipinski definition) is 0. The Bertz CT molecular complexity index is 360. The lowest BCUT2D eigenvalue weighted by atomic mass is 9.83. The Hall–Kier alpha value is -0.780. The van der Waals surface area contributed by atoms with Gasteiger partial charge in [0.05, 0.1) is 0 Å². The van der Waals surface area contributed by atoms with Crippen LogP contribution in [0, 0.1) is 23.7 Å². The maximum atomic E-state index is 2.39. The molecular weight excluding hydrogens is 228 g/mol. The zero-order valence-electron chi connectivity index (χ0n) is 14.2. The fourth-order valence-corrected chi connectivity index (χ4v) is 3.00. The van der Waals surface area contributed by atoms with Crippen LogP contribution in [0.2, 0.25) is 0 Å². The summed E-state index contributed by atoms with van der Waals surface area (Å²) in [6.45, 7) is 18.6. The first-order valence-corrected chi connectivity index (χ1v) is 7.89. The predicted octanol–water partition coefficient (Wildman–Crippen LogP) is 6.16. The highest BCUT2D eigenvalue weighted by Crippen LogP contribution is 2.36. The molecule has 0 saturated carbocycles. The first-order valence-electron chi connectivity index (χ1n) is 7.89. The molecule has 0 N–H and O–H groups in total. The van der Waals surface area contributed by atoms with Crippen molar-refractivity contribution in [1.82, 2.24) is 0 Å². The smallest absolute Gasteiger partial charge is 0.00914 e. The molecule has 1 rings (SSSR count). The minimum atomic E-state index is 0.619. The van der Waals surface area contributed by atoms with Crippen LogP contribution in [0.3, 0.4) is 0 Å². The molecule has 0 nitrogen and oxygen atoms in total. The summed E-state index contributed by atoms with van der Waals surface area (Å²) >= 11 is 0. The summed E-state index contributed by atoms with van der Waals surface area (Å²) in [5, 5.41) is 0. The van der Waals surface area contributed by atoms with Crippen LogP contribution in [0.1, 0.15) is 61.8 Å². The van der Waals surface area contributed by atoms with Crippen LogP contribution in [-0.2, 0) is 0 Å². The largest absolute Gasteiger partial charge is 0.0601 e. The van der Waals surface area contributed by atoms with Crippen LogP contribution in [-0.4, -0.2) is 0 Å². The molecule has 0 aromatic heterocycles. The number of hydrogen-bond donors (Lipinski definition) is 0. The van der Waals surface area contributed by atoms with Gasteiger partial charge in [0.2, 0.25) is 0 Å². The van der Waals surface area contributed by atoms with E-state index in [1.54, 1.807) is 22.3 Å². The first kappa shape index (κ1) is 16.3. The third kappa shape index (κ3) is 3.84. The molecule has 0 aromatic rings. The summed E-state index contributed by atoms with van der Waals surface area (Å²) < 4.78 is 0. The summed E-state index contributed by atoms with van der Waals surface area (Å²) in [6, 6.07) is 0. The van der Waals surface area contributed by atoms with Gasteiger partial charge >= 0.3 is 0 Å². The van der Waals surface area contributed by atoms with Crippen molar-refractivity contribution in [2.24, 2.45) is 23.7 Å². The predicted molar refractivity (Wildman–Crippen MR) is 87.2 cm³/mol. The SMILES string of the molecule is CC(C)C1=C(C(C)C)CC(C(C)C)=C(C(C)C)C=C1. The van der Waals surface area contributed by atoms with Crippen LogP contribution in [0.5, 0.6) is 0 Å². The van der Waals surface area contributed by atoms with Crippen LogP contribution < -0.4 is 0 Å². The van der Waals surface area contributed by atoms with Gasteiger partial charge in [-0.1, -0.05) is 78.7 Å². The highest BCUT2D eigenvalue weighted by molar-refractivity contribution is 5.43. The normalized spacial score (nSPS) is 17.5. The molecule has 0 bridgehead atoms. The van der Waals surface area contributed by atoms with Gasteiger partial charge in [0.1, 0.15) is 0 Å². The van der Waals surface area contributed by atoms with Gasteiger partial charge in [-0.2, -0.15) is 0 Å². The monoisotopic (exact) mass is 260 g/mol. The van der Waals surface area contributed by atoms with E-state index in [4.69, 9.17) is 0 Å². The zero-order chi connectivity index (χ0) is 14.7. The first-order chi connectivity index (χ1) is 8.75. The fraction of sp³-hybridized carbons (Fsp3) is 0.684. The Labute approximate surface area is 120 Å². The Balaban J connectivity index is 3.34. The summed E-state index contributed by atoms with van der Waals surface area (Å²) in [5.74, 6) is 2.52. The van der Waals surface area contributed by atoms with Gasteiger partial charge in [0.15, 0.2) is 0 Å². The van der Waals surface area contributed by atoms with Gasteiger partial charge in [0, 0.05) is 0 Å². The molecule has 19 heavy (non-hydrogen) atoms. The van der Waals surface area contributed by atoms with Crippen LogP contribution >= 0.6 is 0 Å². The summed E-state index contributed by atoms with van der Waals surface area (Å²) in [4.78, 5) is 0. The van der Waals surface area contributed by atoms with Gasteiger partial charge in [-0.15, -0.1) is 0 Å². The summed E-state index contributed by atoms with van der Waals surface area (Å²) in [7, 11) is 0. The van der Waals surface area contributed by atoms with E-state index in [2.05, 4.69) is 67.5 Å². The maximum absolute atomic E-state index is 2.39. The molecule has 0 radical (unpaired) electrons. The van der Waals surface area contributed by atoms with Crippen molar-refractivity contribution in [3.63, 3.8) is 0 Å². The number of allylic oxidation sites excluding steroid dienone is 6. The molecule has 0 aromatic carbocycles. The maximum Gasteiger partial charge on any atom is -0.00914 e. The van der Waals surface area contributed by atoms with Gasteiger partial charge in [-0.3, -0.25) is 0 Å². The molecule has 0 aliphatic heterocycles. The van der Waals surface area contributed by atoms with Gasteiger partial charge in [0.25, 0.3) is 0 Å². The van der Waals surface area contributed by atoms with Gasteiger partial charge in [-0.25, -0.2) is 0 Å². The lowest BCUT2D eigenvalue weighted by molar-refractivity contribution is 0.640. The van der Waals surface area contributed by atoms with Crippen molar-refractivity contribution in [3.8, 4) is 0 Å². The highest BCUT2D eigenvalue weighted by Gasteiger charge is 2.21. The third-order valence-corrected chi connectivity index (χ3v) is 4.20. The van der Waals surface area contributed by atoms with Gasteiger partial charge in [-0.05, 0) is 41.2 Å². The average Bonchev–Trinajstić information content (AvgIpc) is 2.47. The van der Waals surface area contributed by atoms with Crippen LogP contribution in [0.4, 0.5) is 0 Å². The van der Waals surface area contributed by atoms with E-state index < -0.39 is 0 Å². The topological polar surface area (TPSA) is 0 Å². The molecule has 0 unspecified atom stereocenters. The van der Waals surface area contributed by atoms with Crippen molar-refractivity contribution >= 4 is 0 Å². The average molecular weight is 260 g/mol. The zero-order valence-corrected chi connectivity index (χ0v) is 14.2. The second-order valence-corrected chi connectivity index (χ2v) is 7.09.